The number of rotatable bonds is 5. The third kappa shape index (κ3) is 4.00. The van der Waals surface area contributed by atoms with Gasteiger partial charge < -0.3 is 15.6 Å². The number of nitrogens with one attached hydrogen (secondary N) is 1. The second-order valence-electron chi connectivity index (χ2n) is 6.32. The zero-order valence-electron chi connectivity index (χ0n) is 14.2. The Hall–Kier alpha value is -2.52. The van der Waals surface area contributed by atoms with Crippen molar-refractivity contribution in [2.24, 2.45) is 5.73 Å². The minimum Gasteiger partial charge on any atom is -0.341 e. The average molecular weight is 382 g/mol. The van der Waals surface area contributed by atoms with Crippen molar-refractivity contribution in [2.45, 2.75) is 44.2 Å². The highest BCUT2D eigenvalue weighted by Crippen LogP contribution is 2.34. The van der Waals surface area contributed by atoms with Crippen LogP contribution in [0.2, 0.25) is 0 Å². The number of carbonyl (C=O) groups is 1. The molecule has 26 heavy (non-hydrogen) atoms. The lowest BCUT2D eigenvalue weighted by atomic mass is 9.99. The molecule has 1 unspecified atom stereocenters. The maximum atomic E-state index is 12.3. The van der Waals surface area contributed by atoms with Gasteiger partial charge in [0.25, 0.3) is 11.6 Å². The molecule has 1 aliphatic carbocycles. The highest BCUT2D eigenvalue weighted by atomic mass is 35.5. The third-order valence-electron chi connectivity index (χ3n) is 4.42. The summed E-state index contributed by atoms with van der Waals surface area (Å²) in [6.07, 6.45) is 3.67. The van der Waals surface area contributed by atoms with Crippen LogP contribution in [0.15, 0.2) is 28.8 Å². The number of amides is 1. The third-order valence-corrected chi connectivity index (χ3v) is 4.42. The number of aromatic nitrogens is 2. The van der Waals surface area contributed by atoms with Crippen LogP contribution in [0.25, 0.3) is 0 Å². The molecule has 1 atom stereocenters. The number of carbonyl (C=O) groups excluding carboxylic acids is 1. The van der Waals surface area contributed by atoms with Crippen molar-refractivity contribution in [1.82, 2.24) is 15.5 Å². The molecule has 1 aromatic carbocycles. The van der Waals surface area contributed by atoms with E-state index in [0.29, 0.717) is 5.82 Å². The van der Waals surface area contributed by atoms with E-state index in [9.17, 15) is 14.9 Å². The maximum Gasteiger partial charge on any atom is 0.270 e. The van der Waals surface area contributed by atoms with Gasteiger partial charge in [0, 0.05) is 17.7 Å². The molecular weight excluding hydrogens is 362 g/mol. The molecule has 1 amide bonds. The van der Waals surface area contributed by atoms with E-state index in [2.05, 4.69) is 15.5 Å². The summed E-state index contributed by atoms with van der Waals surface area (Å²) in [5.41, 5.74) is 5.77. The molecule has 0 spiro atoms. The van der Waals surface area contributed by atoms with Crippen molar-refractivity contribution in [2.75, 3.05) is 0 Å². The molecule has 0 bridgehead atoms. The van der Waals surface area contributed by atoms with E-state index in [4.69, 9.17) is 10.3 Å². The first-order valence-corrected chi connectivity index (χ1v) is 8.07. The lowest BCUT2D eigenvalue weighted by Crippen LogP contribution is -2.34. The zero-order valence-corrected chi connectivity index (χ0v) is 15.0. The SMILES string of the molecule is CC(NC(=O)c1cccc([N+](=O)[O-])c1)c1nc(C2(N)CCCC2)no1.Cl. The van der Waals surface area contributed by atoms with E-state index in [1.165, 1.54) is 24.3 Å². The summed E-state index contributed by atoms with van der Waals surface area (Å²) in [7, 11) is 0. The summed E-state index contributed by atoms with van der Waals surface area (Å²) in [6, 6.07) is 4.96. The highest BCUT2D eigenvalue weighted by Gasteiger charge is 2.36. The maximum absolute atomic E-state index is 12.3. The van der Waals surface area contributed by atoms with Gasteiger partial charge in [0.15, 0.2) is 5.82 Å². The fourth-order valence-electron chi connectivity index (χ4n) is 2.95. The summed E-state index contributed by atoms with van der Waals surface area (Å²) in [5, 5.41) is 17.5. The number of non-ortho nitro benzene ring substituents is 1. The molecule has 2 aromatic rings. The molecule has 9 nitrogen and oxygen atoms in total. The topological polar surface area (TPSA) is 137 Å². The lowest BCUT2D eigenvalue weighted by Gasteiger charge is -2.17. The Bertz CT molecular complexity index is 803. The summed E-state index contributed by atoms with van der Waals surface area (Å²) in [6.45, 7) is 1.70. The Morgan fingerprint density at radius 3 is 2.77 bits per heavy atom. The first-order valence-electron chi connectivity index (χ1n) is 8.07. The number of hydrogen-bond donors (Lipinski definition) is 2. The van der Waals surface area contributed by atoms with Crippen LogP contribution in [-0.4, -0.2) is 21.0 Å². The normalized spacial score (nSPS) is 16.5. The fraction of sp³-hybridized carbons (Fsp3) is 0.438. The van der Waals surface area contributed by atoms with E-state index in [1.807, 2.05) is 0 Å². The standard InChI is InChI=1S/C16H19N5O4.ClH/c1-10(14-19-15(20-25-14)16(17)7-2-3-8-16)18-13(22)11-5-4-6-12(9-11)21(23)24;/h4-6,9-10H,2-3,7-8,17H2,1H3,(H,18,22);1H. The quantitative estimate of drug-likeness (QED) is 0.599. The molecule has 0 radical (unpaired) electrons. The largest absolute Gasteiger partial charge is 0.341 e. The smallest absolute Gasteiger partial charge is 0.270 e. The Kier molecular flexibility index (Phi) is 5.94. The number of halogens is 1. The highest BCUT2D eigenvalue weighted by molar-refractivity contribution is 5.94. The second-order valence-corrected chi connectivity index (χ2v) is 6.32. The van der Waals surface area contributed by atoms with E-state index in [0.717, 1.165) is 25.7 Å². The molecule has 1 saturated carbocycles. The van der Waals surface area contributed by atoms with Gasteiger partial charge in [-0.05, 0) is 25.8 Å². The fourth-order valence-corrected chi connectivity index (χ4v) is 2.95. The van der Waals surface area contributed by atoms with Crippen LogP contribution in [0.3, 0.4) is 0 Å². The van der Waals surface area contributed by atoms with Gasteiger partial charge in [0.2, 0.25) is 5.89 Å². The summed E-state index contributed by atoms with van der Waals surface area (Å²) in [5.74, 6) is 0.251. The average Bonchev–Trinajstić information content (AvgIpc) is 3.25. The van der Waals surface area contributed by atoms with Crippen molar-refractivity contribution < 1.29 is 14.2 Å². The minimum atomic E-state index is -0.564. The summed E-state index contributed by atoms with van der Waals surface area (Å²) >= 11 is 0. The molecule has 1 heterocycles. The van der Waals surface area contributed by atoms with Gasteiger partial charge in [-0.15, -0.1) is 12.4 Å². The van der Waals surface area contributed by atoms with E-state index < -0.39 is 22.4 Å². The molecular formula is C16H20ClN5O4. The van der Waals surface area contributed by atoms with Gasteiger partial charge in [-0.1, -0.05) is 24.1 Å². The van der Waals surface area contributed by atoms with Gasteiger partial charge in [-0.3, -0.25) is 14.9 Å². The number of nitrogens with zero attached hydrogens (tertiary/aromatic N) is 3. The van der Waals surface area contributed by atoms with Crippen LogP contribution < -0.4 is 11.1 Å². The van der Waals surface area contributed by atoms with Crippen molar-refractivity contribution in [3.63, 3.8) is 0 Å². The molecule has 3 rings (SSSR count). The Labute approximate surface area is 155 Å². The van der Waals surface area contributed by atoms with Crippen LogP contribution in [0, 0.1) is 10.1 Å². The summed E-state index contributed by atoms with van der Waals surface area (Å²) in [4.78, 5) is 26.9. The van der Waals surface area contributed by atoms with Crippen LogP contribution in [0.4, 0.5) is 5.69 Å². The van der Waals surface area contributed by atoms with Crippen LogP contribution >= 0.6 is 12.4 Å². The molecule has 10 heteroatoms. The Morgan fingerprint density at radius 2 is 2.12 bits per heavy atom. The van der Waals surface area contributed by atoms with Gasteiger partial charge in [-0.2, -0.15) is 4.98 Å². The predicted molar refractivity (Wildman–Crippen MR) is 94.9 cm³/mol. The van der Waals surface area contributed by atoms with Crippen LogP contribution in [0.5, 0.6) is 0 Å². The molecule has 1 aliphatic rings. The van der Waals surface area contributed by atoms with Crippen molar-refractivity contribution in [1.29, 1.82) is 0 Å². The molecule has 0 aliphatic heterocycles. The number of hydrogen-bond acceptors (Lipinski definition) is 7. The molecule has 1 aromatic heterocycles. The van der Waals surface area contributed by atoms with Crippen LogP contribution in [-0.2, 0) is 5.54 Å². The van der Waals surface area contributed by atoms with Crippen LogP contribution in [0.1, 0.15) is 60.7 Å². The number of nitrogens with two attached hydrogens (primary N) is 1. The first-order chi connectivity index (χ1) is 11.9. The van der Waals surface area contributed by atoms with Gasteiger partial charge in [-0.25, -0.2) is 0 Å². The minimum absolute atomic E-state index is 0. The Morgan fingerprint density at radius 1 is 1.42 bits per heavy atom. The van der Waals surface area contributed by atoms with Gasteiger partial charge in [0.05, 0.1) is 10.5 Å². The van der Waals surface area contributed by atoms with Crippen molar-refractivity contribution in [3.8, 4) is 0 Å². The Balaban J connectivity index is 0.00000243. The number of nitro benzene ring substituents is 1. The molecule has 1 fully saturated rings. The first kappa shape index (κ1) is 19.8. The monoisotopic (exact) mass is 381 g/mol. The van der Waals surface area contributed by atoms with E-state index in [-0.39, 0.29) is 29.5 Å². The number of benzene rings is 1. The van der Waals surface area contributed by atoms with Gasteiger partial charge in [0.1, 0.15) is 6.04 Å². The molecule has 3 N–H and O–H groups in total. The van der Waals surface area contributed by atoms with Crippen molar-refractivity contribution in [3.05, 3.63) is 51.7 Å². The molecule has 0 saturated heterocycles. The van der Waals surface area contributed by atoms with E-state index >= 15 is 0 Å². The second kappa shape index (κ2) is 7.79. The lowest BCUT2D eigenvalue weighted by molar-refractivity contribution is -0.384. The van der Waals surface area contributed by atoms with Crippen molar-refractivity contribution >= 4 is 24.0 Å². The summed E-state index contributed by atoms with van der Waals surface area (Å²) < 4.78 is 5.24. The van der Waals surface area contributed by atoms with E-state index in [1.54, 1.807) is 6.92 Å². The molecule has 140 valence electrons. The predicted octanol–water partition coefficient (Wildman–Crippen LogP) is 2.62. The number of nitro groups is 1. The van der Waals surface area contributed by atoms with Gasteiger partial charge >= 0.3 is 0 Å². The zero-order chi connectivity index (χ0) is 18.0.